The van der Waals surface area contributed by atoms with Crippen molar-refractivity contribution in [2.24, 2.45) is 28.3 Å². The van der Waals surface area contributed by atoms with Crippen molar-refractivity contribution in [1.29, 1.82) is 0 Å². The Kier molecular flexibility index (Phi) is 5.20. The number of ether oxygens (including phenoxy) is 1. The van der Waals surface area contributed by atoms with Crippen molar-refractivity contribution < 1.29 is 9.53 Å². The number of hydrogen-bond acceptors (Lipinski definition) is 3. The quantitative estimate of drug-likeness (QED) is 0.384. The Balaban J connectivity index is 1.83. The van der Waals surface area contributed by atoms with E-state index in [0.717, 1.165) is 31.2 Å². The first-order chi connectivity index (χ1) is 10.1. The number of nitrogens with two attached hydrogens (primary N) is 2. The van der Waals surface area contributed by atoms with E-state index in [-0.39, 0.29) is 17.8 Å². The minimum absolute atomic E-state index is 0.0138. The zero-order valence-corrected chi connectivity index (χ0v) is 12.4. The summed E-state index contributed by atoms with van der Waals surface area (Å²) in [6, 6.07) is 7.58. The van der Waals surface area contributed by atoms with Gasteiger partial charge in [0, 0.05) is 6.54 Å². The number of hydrogen-bond donors (Lipinski definition) is 2. The number of rotatable bonds is 4. The second-order valence-corrected chi connectivity index (χ2v) is 5.67. The molecule has 0 radical (unpaired) electrons. The number of para-hydroxylation sites is 1. The SMILES string of the molecule is Cc1ccccc1OC(=O)C1CCC(CN=C(N)N)CC1. The number of benzene rings is 1. The Labute approximate surface area is 125 Å². The van der Waals surface area contributed by atoms with Gasteiger partial charge in [0.05, 0.1) is 5.92 Å². The smallest absolute Gasteiger partial charge is 0.314 e. The maximum Gasteiger partial charge on any atom is 0.314 e. The molecule has 0 spiro atoms. The summed E-state index contributed by atoms with van der Waals surface area (Å²) in [5.74, 6) is 1.13. The first-order valence-corrected chi connectivity index (χ1v) is 7.39. The van der Waals surface area contributed by atoms with Crippen LogP contribution in [0.5, 0.6) is 5.75 Å². The molecule has 0 unspecified atom stereocenters. The van der Waals surface area contributed by atoms with Crippen LogP contribution in [-0.4, -0.2) is 18.5 Å². The van der Waals surface area contributed by atoms with Gasteiger partial charge in [-0.25, -0.2) is 0 Å². The third-order valence-electron chi connectivity index (χ3n) is 4.02. The van der Waals surface area contributed by atoms with Crippen LogP contribution in [0.25, 0.3) is 0 Å². The molecule has 1 aliphatic carbocycles. The molecule has 114 valence electrons. The molecular formula is C16H23N3O2. The van der Waals surface area contributed by atoms with Crippen LogP contribution in [0.1, 0.15) is 31.2 Å². The molecule has 0 bridgehead atoms. The summed E-state index contributed by atoms with van der Waals surface area (Å²) in [7, 11) is 0. The molecule has 1 aliphatic rings. The highest BCUT2D eigenvalue weighted by Gasteiger charge is 2.27. The normalized spacial score (nSPS) is 21.6. The molecule has 0 saturated heterocycles. The number of aliphatic imine (C=N–C) groups is 1. The van der Waals surface area contributed by atoms with E-state index in [9.17, 15) is 4.79 Å². The first-order valence-electron chi connectivity index (χ1n) is 7.39. The fourth-order valence-corrected chi connectivity index (χ4v) is 2.68. The minimum atomic E-state index is -0.121. The van der Waals surface area contributed by atoms with E-state index in [1.807, 2.05) is 31.2 Å². The lowest BCUT2D eigenvalue weighted by Gasteiger charge is -2.26. The fourth-order valence-electron chi connectivity index (χ4n) is 2.68. The van der Waals surface area contributed by atoms with Crippen LogP contribution in [0.15, 0.2) is 29.3 Å². The predicted octanol–water partition coefficient (Wildman–Crippen LogP) is 1.98. The van der Waals surface area contributed by atoms with Crippen LogP contribution in [0.2, 0.25) is 0 Å². The molecule has 1 aromatic carbocycles. The number of nitrogens with zero attached hydrogens (tertiary/aromatic N) is 1. The Morgan fingerprint density at radius 1 is 1.24 bits per heavy atom. The Hall–Kier alpha value is -2.04. The summed E-state index contributed by atoms with van der Waals surface area (Å²) >= 11 is 0. The standard InChI is InChI=1S/C16H23N3O2/c1-11-4-2-3-5-14(11)21-15(20)13-8-6-12(7-9-13)10-19-16(17)18/h2-5,12-13H,6-10H2,1H3,(H4,17,18,19). The average molecular weight is 289 g/mol. The molecule has 0 atom stereocenters. The zero-order valence-electron chi connectivity index (χ0n) is 12.4. The topological polar surface area (TPSA) is 90.7 Å². The molecule has 21 heavy (non-hydrogen) atoms. The fraction of sp³-hybridized carbons (Fsp3) is 0.500. The maximum absolute atomic E-state index is 12.2. The summed E-state index contributed by atoms with van der Waals surface area (Å²) in [5, 5.41) is 0. The molecule has 4 N–H and O–H groups in total. The molecule has 1 aromatic rings. The molecule has 5 nitrogen and oxygen atoms in total. The van der Waals surface area contributed by atoms with Gasteiger partial charge in [-0.2, -0.15) is 0 Å². The monoisotopic (exact) mass is 289 g/mol. The number of carbonyl (C=O) groups excluding carboxylic acids is 1. The van der Waals surface area contributed by atoms with E-state index >= 15 is 0 Å². The largest absolute Gasteiger partial charge is 0.426 e. The highest BCUT2D eigenvalue weighted by Crippen LogP contribution is 2.30. The summed E-state index contributed by atoms with van der Waals surface area (Å²) < 4.78 is 5.51. The lowest BCUT2D eigenvalue weighted by Crippen LogP contribution is -2.28. The number of aryl methyl sites for hydroxylation is 1. The Morgan fingerprint density at radius 3 is 2.52 bits per heavy atom. The van der Waals surface area contributed by atoms with Gasteiger partial charge in [0.2, 0.25) is 0 Å². The summed E-state index contributed by atoms with van der Waals surface area (Å²) in [6.45, 7) is 2.59. The van der Waals surface area contributed by atoms with Crippen molar-refractivity contribution in [3.63, 3.8) is 0 Å². The third kappa shape index (κ3) is 4.48. The van der Waals surface area contributed by atoms with Crippen LogP contribution in [-0.2, 0) is 4.79 Å². The molecule has 2 rings (SSSR count). The lowest BCUT2D eigenvalue weighted by atomic mass is 9.82. The third-order valence-corrected chi connectivity index (χ3v) is 4.02. The molecule has 1 fully saturated rings. The molecule has 0 aromatic heterocycles. The van der Waals surface area contributed by atoms with Gasteiger partial charge in [0.1, 0.15) is 5.75 Å². The highest BCUT2D eigenvalue weighted by atomic mass is 16.5. The Bertz CT molecular complexity index is 516. The lowest BCUT2D eigenvalue weighted by molar-refractivity contribution is -0.140. The van der Waals surface area contributed by atoms with Crippen molar-refractivity contribution in [3.05, 3.63) is 29.8 Å². The van der Waals surface area contributed by atoms with Gasteiger partial charge in [0.15, 0.2) is 5.96 Å². The predicted molar refractivity (Wildman–Crippen MR) is 82.9 cm³/mol. The van der Waals surface area contributed by atoms with Gasteiger partial charge in [-0.1, -0.05) is 18.2 Å². The van der Waals surface area contributed by atoms with Crippen LogP contribution >= 0.6 is 0 Å². The van der Waals surface area contributed by atoms with Crippen molar-refractivity contribution >= 4 is 11.9 Å². The molecule has 5 heteroatoms. The van der Waals surface area contributed by atoms with E-state index in [0.29, 0.717) is 18.2 Å². The van der Waals surface area contributed by atoms with Gasteiger partial charge < -0.3 is 16.2 Å². The van der Waals surface area contributed by atoms with E-state index < -0.39 is 0 Å². The maximum atomic E-state index is 12.2. The molecule has 0 heterocycles. The molecule has 0 amide bonds. The first kappa shape index (κ1) is 15.4. The second kappa shape index (κ2) is 7.11. The summed E-state index contributed by atoms with van der Waals surface area (Å²) in [5.41, 5.74) is 11.7. The van der Waals surface area contributed by atoms with Crippen molar-refractivity contribution in [2.75, 3.05) is 6.54 Å². The van der Waals surface area contributed by atoms with Crippen LogP contribution in [0.3, 0.4) is 0 Å². The molecular weight excluding hydrogens is 266 g/mol. The van der Waals surface area contributed by atoms with Crippen molar-refractivity contribution in [2.45, 2.75) is 32.6 Å². The zero-order chi connectivity index (χ0) is 15.2. The number of carbonyl (C=O) groups is 1. The van der Waals surface area contributed by atoms with E-state index in [1.54, 1.807) is 0 Å². The second-order valence-electron chi connectivity index (χ2n) is 5.67. The van der Waals surface area contributed by atoms with Crippen LogP contribution < -0.4 is 16.2 Å². The van der Waals surface area contributed by atoms with Crippen LogP contribution in [0, 0.1) is 18.8 Å². The van der Waals surface area contributed by atoms with Gasteiger partial charge >= 0.3 is 5.97 Å². The van der Waals surface area contributed by atoms with E-state index in [2.05, 4.69) is 4.99 Å². The molecule has 1 saturated carbocycles. The summed E-state index contributed by atoms with van der Waals surface area (Å²) in [6.07, 6.45) is 3.61. The van der Waals surface area contributed by atoms with Gasteiger partial charge in [-0.15, -0.1) is 0 Å². The van der Waals surface area contributed by atoms with E-state index in [4.69, 9.17) is 16.2 Å². The van der Waals surface area contributed by atoms with Crippen molar-refractivity contribution in [1.82, 2.24) is 0 Å². The summed E-state index contributed by atoms with van der Waals surface area (Å²) in [4.78, 5) is 16.3. The van der Waals surface area contributed by atoms with Gasteiger partial charge in [0.25, 0.3) is 0 Å². The average Bonchev–Trinajstić information content (AvgIpc) is 2.48. The van der Waals surface area contributed by atoms with Crippen LogP contribution in [0.4, 0.5) is 0 Å². The van der Waals surface area contributed by atoms with E-state index in [1.165, 1.54) is 0 Å². The Morgan fingerprint density at radius 2 is 1.90 bits per heavy atom. The van der Waals surface area contributed by atoms with Gasteiger partial charge in [-0.05, 0) is 50.2 Å². The molecule has 0 aliphatic heterocycles. The highest BCUT2D eigenvalue weighted by molar-refractivity contribution is 5.76. The number of esters is 1. The number of guanidine groups is 1. The van der Waals surface area contributed by atoms with Gasteiger partial charge in [-0.3, -0.25) is 9.79 Å². The van der Waals surface area contributed by atoms with Crippen molar-refractivity contribution in [3.8, 4) is 5.75 Å². The minimum Gasteiger partial charge on any atom is -0.426 e.